The molecule has 0 aliphatic carbocycles. The molecule has 0 saturated carbocycles. The summed E-state index contributed by atoms with van der Waals surface area (Å²) in [4.78, 5) is 15.3. The van der Waals surface area contributed by atoms with Gasteiger partial charge in [-0.1, -0.05) is 48.5 Å². The molecule has 0 bridgehead atoms. The van der Waals surface area contributed by atoms with Gasteiger partial charge in [0.1, 0.15) is 32.7 Å². The van der Waals surface area contributed by atoms with Crippen molar-refractivity contribution in [3.63, 3.8) is 0 Å². The van der Waals surface area contributed by atoms with E-state index in [1.54, 1.807) is 4.90 Å². The van der Waals surface area contributed by atoms with Crippen molar-refractivity contribution in [1.29, 1.82) is 0 Å². The number of amides is 1. The fraction of sp³-hybridized carbons (Fsp3) is 0.409. The van der Waals surface area contributed by atoms with E-state index < -0.39 is 0 Å². The molecular formula is C22H31N3O+2. The number of nitrogens with one attached hydrogen (secondary N) is 3. The quantitative estimate of drug-likeness (QED) is 0.667. The molecule has 2 aromatic rings. The third-order valence-corrected chi connectivity index (χ3v) is 5.51. The molecule has 138 valence electrons. The molecule has 1 saturated heterocycles. The first-order valence-electron chi connectivity index (χ1n) is 9.64. The van der Waals surface area contributed by atoms with Crippen LogP contribution in [0, 0.1) is 13.8 Å². The van der Waals surface area contributed by atoms with Crippen LogP contribution >= 0.6 is 0 Å². The van der Waals surface area contributed by atoms with Gasteiger partial charge in [-0.15, -0.1) is 0 Å². The number of carbonyl (C=O) groups excluding carboxylic acids is 1. The molecule has 1 fully saturated rings. The van der Waals surface area contributed by atoms with Crippen LogP contribution in [0.15, 0.2) is 48.5 Å². The second-order valence-electron chi connectivity index (χ2n) is 7.48. The molecule has 26 heavy (non-hydrogen) atoms. The molecule has 0 atom stereocenters. The molecule has 3 N–H and O–H groups in total. The first-order chi connectivity index (χ1) is 12.6. The van der Waals surface area contributed by atoms with Gasteiger partial charge in [-0.25, -0.2) is 0 Å². The van der Waals surface area contributed by atoms with Crippen molar-refractivity contribution in [2.45, 2.75) is 26.9 Å². The zero-order chi connectivity index (χ0) is 18.4. The summed E-state index contributed by atoms with van der Waals surface area (Å²) < 4.78 is 0. The maximum atomic E-state index is 12.3. The standard InChI is InChI=1S/C22H29N3O/c1-18-7-3-5-9-20(18)15-23-22(26)17-25-13-11-24(12-14-25)16-21-10-6-4-8-19(21)2/h3-10H,11-17H2,1-2H3,(H,23,26)/p+2. The average molecular weight is 354 g/mol. The van der Waals surface area contributed by atoms with Crippen molar-refractivity contribution in [3.8, 4) is 0 Å². The maximum absolute atomic E-state index is 12.3. The molecule has 2 aromatic carbocycles. The van der Waals surface area contributed by atoms with Crippen LogP contribution in [-0.2, 0) is 17.9 Å². The van der Waals surface area contributed by atoms with Gasteiger partial charge in [0.05, 0.1) is 0 Å². The number of hydrogen-bond acceptors (Lipinski definition) is 1. The van der Waals surface area contributed by atoms with Gasteiger partial charge in [-0.2, -0.15) is 0 Å². The van der Waals surface area contributed by atoms with Gasteiger partial charge < -0.3 is 15.1 Å². The fourth-order valence-corrected chi connectivity index (χ4v) is 3.68. The number of hydrogen-bond donors (Lipinski definition) is 3. The normalized spacial score (nSPS) is 19.9. The van der Waals surface area contributed by atoms with Crippen molar-refractivity contribution in [3.05, 3.63) is 70.8 Å². The Labute approximate surface area is 156 Å². The molecule has 4 nitrogen and oxygen atoms in total. The zero-order valence-corrected chi connectivity index (χ0v) is 16.0. The molecule has 1 heterocycles. The van der Waals surface area contributed by atoms with E-state index in [0.717, 1.165) is 32.7 Å². The summed E-state index contributed by atoms with van der Waals surface area (Å²) in [7, 11) is 0. The fourth-order valence-electron chi connectivity index (χ4n) is 3.68. The molecule has 3 rings (SSSR count). The van der Waals surface area contributed by atoms with Crippen LogP contribution in [-0.4, -0.2) is 38.6 Å². The smallest absolute Gasteiger partial charge is 0.275 e. The van der Waals surface area contributed by atoms with Crippen LogP contribution in [0.2, 0.25) is 0 Å². The van der Waals surface area contributed by atoms with Crippen LogP contribution < -0.4 is 15.1 Å². The molecule has 0 spiro atoms. The highest BCUT2D eigenvalue weighted by atomic mass is 16.2. The average Bonchev–Trinajstić information content (AvgIpc) is 2.64. The van der Waals surface area contributed by atoms with E-state index in [1.807, 2.05) is 12.1 Å². The van der Waals surface area contributed by atoms with Gasteiger partial charge in [0, 0.05) is 12.1 Å². The van der Waals surface area contributed by atoms with E-state index in [4.69, 9.17) is 0 Å². The lowest BCUT2D eigenvalue weighted by Crippen LogP contribution is -3.28. The lowest BCUT2D eigenvalue weighted by atomic mass is 10.1. The summed E-state index contributed by atoms with van der Waals surface area (Å²) in [6.07, 6.45) is 0. The first-order valence-corrected chi connectivity index (χ1v) is 9.64. The van der Waals surface area contributed by atoms with E-state index in [2.05, 4.69) is 55.6 Å². The number of piperazine rings is 1. The second-order valence-corrected chi connectivity index (χ2v) is 7.48. The van der Waals surface area contributed by atoms with Crippen LogP contribution in [0.5, 0.6) is 0 Å². The number of quaternary nitrogens is 2. The maximum Gasteiger partial charge on any atom is 0.275 e. The minimum Gasteiger partial charge on any atom is -0.347 e. The molecule has 0 radical (unpaired) electrons. The van der Waals surface area contributed by atoms with Gasteiger partial charge >= 0.3 is 0 Å². The lowest BCUT2D eigenvalue weighted by Gasteiger charge is -2.29. The molecule has 1 aliphatic rings. The number of rotatable bonds is 6. The second kappa shape index (κ2) is 8.97. The summed E-state index contributed by atoms with van der Waals surface area (Å²) in [6.45, 7) is 11.0. The monoisotopic (exact) mass is 353 g/mol. The van der Waals surface area contributed by atoms with Gasteiger partial charge in [0.25, 0.3) is 5.91 Å². The zero-order valence-electron chi connectivity index (χ0n) is 16.0. The molecule has 1 amide bonds. The van der Waals surface area contributed by atoms with Crippen LogP contribution in [0.4, 0.5) is 0 Å². The lowest BCUT2D eigenvalue weighted by molar-refractivity contribution is -1.02. The number of carbonyl (C=O) groups is 1. The number of benzene rings is 2. The van der Waals surface area contributed by atoms with Crippen LogP contribution in [0.3, 0.4) is 0 Å². The number of aryl methyl sites for hydroxylation is 2. The highest BCUT2D eigenvalue weighted by Crippen LogP contribution is 2.06. The summed E-state index contributed by atoms with van der Waals surface area (Å²) in [5.74, 6) is 0.158. The molecule has 0 unspecified atom stereocenters. The highest BCUT2D eigenvalue weighted by Gasteiger charge is 2.25. The molecule has 1 aliphatic heterocycles. The minimum absolute atomic E-state index is 0.158. The van der Waals surface area contributed by atoms with Crippen molar-refractivity contribution >= 4 is 5.91 Å². The van der Waals surface area contributed by atoms with E-state index in [1.165, 1.54) is 27.2 Å². The van der Waals surface area contributed by atoms with Crippen LogP contribution in [0.1, 0.15) is 22.3 Å². The predicted octanol–water partition coefficient (Wildman–Crippen LogP) is -0.0968. The highest BCUT2D eigenvalue weighted by molar-refractivity contribution is 5.76. The van der Waals surface area contributed by atoms with Crippen molar-refractivity contribution in [2.24, 2.45) is 0 Å². The Kier molecular flexibility index (Phi) is 6.42. The van der Waals surface area contributed by atoms with Crippen LogP contribution in [0.25, 0.3) is 0 Å². The summed E-state index contributed by atoms with van der Waals surface area (Å²) in [5, 5.41) is 3.08. The molecular weight excluding hydrogens is 322 g/mol. The summed E-state index contributed by atoms with van der Waals surface area (Å²) in [5.41, 5.74) is 5.25. The van der Waals surface area contributed by atoms with Gasteiger partial charge in [0.2, 0.25) is 0 Å². The summed E-state index contributed by atoms with van der Waals surface area (Å²) in [6, 6.07) is 16.9. The third kappa shape index (κ3) is 5.16. The Balaban J connectivity index is 1.40. The van der Waals surface area contributed by atoms with E-state index in [9.17, 15) is 4.79 Å². The SMILES string of the molecule is Cc1ccccc1CNC(=O)C[NH+]1CC[NH+](Cc2ccccc2C)CC1. The third-order valence-electron chi connectivity index (χ3n) is 5.51. The van der Waals surface area contributed by atoms with Gasteiger partial charge in [-0.05, 0) is 30.5 Å². The predicted molar refractivity (Wildman–Crippen MR) is 104 cm³/mol. The largest absolute Gasteiger partial charge is 0.347 e. The Hall–Kier alpha value is -2.17. The topological polar surface area (TPSA) is 38.0 Å². The van der Waals surface area contributed by atoms with Crippen molar-refractivity contribution in [1.82, 2.24) is 5.32 Å². The van der Waals surface area contributed by atoms with E-state index in [0.29, 0.717) is 13.1 Å². The Morgan fingerprint density at radius 2 is 1.38 bits per heavy atom. The van der Waals surface area contributed by atoms with Gasteiger partial charge in [0.15, 0.2) is 6.54 Å². The van der Waals surface area contributed by atoms with Gasteiger partial charge in [-0.3, -0.25) is 4.79 Å². The Bertz CT molecular complexity index is 736. The Morgan fingerprint density at radius 3 is 2.00 bits per heavy atom. The minimum atomic E-state index is 0.158. The van der Waals surface area contributed by atoms with Crippen molar-refractivity contribution in [2.75, 3.05) is 32.7 Å². The molecule has 4 heteroatoms. The Morgan fingerprint density at radius 1 is 0.846 bits per heavy atom. The summed E-state index contributed by atoms with van der Waals surface area (Å²) >= 11 is 0. The van der Waals surface area contributed by atoms with E-state index in [-0.39, 0.29) is 5.91 Å². The molecule has 0 aromatic heterocycles. The van der Waals surface area contributed by atoms with E-state index >= 15 is 0 Å². The first kappa shape index (κ1) is 18.6. The van der Waals surface area contributed by atoms with Crippen molar-refractivity contribution < 1.29 is 14.6 Å².